The highest BCUT2D eigenvalue weighted by atomic mass is 16.3. The summed E-state index contributed by atoms with van der Waals surface area (Å²) in [5.74, 6) is -0.567. The van der Waals surface area contributed by atoms with E-state index in [4.69, 9.17) is 4.42 Å². The fourth-order valence-electron chi connectivity index (χ4n) is 2.81. The van der Waals surface area contributed by atoms with Crippen molar-refractivity contribution in [2.75, 3.05) is 0 Å². The van der Waals surface area contributed by atoms with Crippen LogP contribution in [0.15, 0.2) is 40.5 Å². The lowest BCUT2D eigenvalue weighted by atomic mass is 10.1. The Morgan fingerprint density at radius 2 is 2.00 bits per heavy atom. The van der Waals surface area contributed by atoms with Gasteiger partial charge in [-0.1, -0.05) is 18.9 Å². The Bertz CT molecular complexity index is 652. The van der Waals surface area contributed by atoms with E-state index >= 15 is 0 Å². The van der Waals surface area contributed by atoms with Gasteiger partial charge in [0, 0.05) is 6.04 Å². The van der Waals surface area contributed by atoms with Gasteiger partial charge in [0.1, 0.15) is 11.3 Å². The van der Waals surface area contributed by atoms with Crippen molar-refractivity contribution in [3.8, 4) is 0 Å². The van der Waals surface area contributed by atoms with E-state index in [0.717, 1.165) is 25.7 Å². The van der Waals surface area contributed by atoms with Crippen LogP contribution in [-0.4, -0.2) is 28.8 Å². The molecule has 1 saturated heterocycles. The predicted molar refractivity (Wildman–Crippen MR) is 78.5 cm³/mol. The number of imide groups is 2. The molecule has 1 aromatic heterocycles. The van der Waals surface area contributed by atoms with Crippen LogP contribution in [0.5, 0.6) is 0 Å². The van der Waals surface area contributed by atoms with Gasteiger partial charge in [-0.15, -0.1) is 0 Å². The highest BCUT2D eigenvalue weighted by molar-refractivity contribution is 6.29. The van der Waals surface area contributed by atoms with Crippen molar-refractivity contribution in [2.45, 2.75) is 31.7 Å². The summed E-state index contributed by atoms with van der Waals surface area (Å²) in [4.78, 5) is 37.4. The fourth-order valence-corrected chi connectivity index (χ4v) is 2.81. The first kappa shape index (κ1) is 14.3. The Morgan fingerprint density at radius 1 is 1.23 bits per heavy atom. The zero-order chi connectivity index (χ0) is 15.5. The van der Waals surface area contributed by atoms with Gasteiger partial charge >= 0.3 is 6.03 Å². The third-order valence-electron chi connectivity index (χ3n) is 3.89. The topological polar surface area (TPSA) is 79.6 Å². The van der Waals surface area contributed by atoms with Crippen molar-refractivity contribution in [3.63, 3.8) is 0 Å². The minimum Gasteiger partial charge on any atom is -0.465 e. The molecular weight excluding hydrogens is 284 g/mol. The molecule has 22 heavy (non-hydrogen) atoms. The molecule has 0 aromatic carbocycles. The summed E-state index contributed by atoms with van der Waals surface area (Å²) >= 11 is 0. The lowest BCUT2D eigenvalue weighted by Crippen LogP contribution is -2.57. The minimum absolute atomic E-state index is 0.0330. The van der Waals surface area contributed by atoms with Crippen molar-refractivity contribution in [1.82, 2.24) is 10.2 Å². The summed E-state index contributed by atoms with van der Waals surface area (Å²) in [6.45, 7) is 0. The molecule has 1 saturated carbocycles. The molecule has 0 atom stereocenters. The number of hydrogen-bond acceptors (Lipinski definition) is 4. The maximum absolute atomic E-state index is 12.4. The number of furan rings is 1. The summed E-state index contributed by atoms with van der Waals surface area (Å²) in [6.07, 6.45) is 9.73. The normalized spacial score (nSPS) is 22.1. The van der Waals surface area contributed by atoms with Crippen LogP contribution >= 0.6 is 0 Å². The van der Waals surface area contributed by atoms with Crippen molar-refractivity contribution >= 4 is 23.9 Å². The molecule has 1 aliphatic carbocycles. The second kappa shape index (κ2) is 6.01. The second-order valence-electron chi connectivity index (χ2n) is 5.33. The maximum atomic E-state index is 12.4. The van der Waals surface area contributed by atoms with E-state index in [9.17, 15) is 14.4 Å². The smallest absolute Gasteiger partial charge is 0.331 e. The van der Waals surface area contributed by atoms with Crippen molar-refractivity contribution in [3.05, 3.63) is 41.9 Å². The van der Waals surface area contributed by atoms with Crippen LogP contribution in [0.4, 0.5) is 4.79 Å². The molecule has 0 unspecified atom stereocenters. The molecule has 0 spiro atoms. The molecule has 2 fully saturated rings. The minimum atomic E-state index is -0.659. The lowest BCUT2D eigenvalue weighted by Gasteiger charge is -2.30. The fraction of sp³-hybridized carbons (Fsp3) is 0.312. The van der Waals surface area contributed by atoms with Gasteiger partial charge in [-0.05, 0) is 37.1 Å². The Hall–Kier alpha value is -2.63. The number of carbonyl (C=O) groups is 3. The number of urea groups is 1. The summed E-state index contributed by atoms with van der Waals surface area (Å²) in [7, 11) is 0. The van der Waals surface area contributed by atoms with Crippen molar-refractivity contribution in [2.24, 2.45) is 0 Å². The quantitative estimate of drug-likeness (QED) is 0.686. The van der Waals surface area contributed by atoms with Gasteiger partial charge in [0.15, 0.2) is 0 Å². The number of hydrogen-bond donors (Lipinski definition) is 1. The van der Waals surface area contributed by atoms with E-state index in [-0.39, 0.29) is 11.6 Å². The van der Waals surface area contributed by atoms with Gasteiger partial charge in [-0.25, -0.2) is 4.79 Å². The number of nitrogens with zero attached hydrogens (tertiary/aromatic N) is 1. The number of amides is 4. The molecular formula is C16H16N2O4. The molecule has 3 rings (SSSR count). The van der Waals surface area contributed by atoms with E-state index in [0.29, 0.717) is 5.76 Å². The largest absolute Gasteiger partial charge is 0.465 e. The maximum Gasteiger partial charge on any atom is 0.331 e. The van der Waals surface area contributed by atoms with Gasteiger partial charge in [0.2, 0.25) is 0 Å². The third-order valence-corrected chi connectivity index (χ3v) is 3.89. The molecule has 2 heterocycles. The first-order valence-electron chi connectivity index (χ1n) is 7.27. The van der Waals surface area contributed by atoms with Crippen molar-refractivity contribution in [1.29, 1.82) is 0 Å². The lowest BCUT2D eigenvalue weighted by molar-refractivity contribution is -0.131. The molecule has 6 heteroatoms. The zero-order valence-electron chi connectivity index (χ0n) is 12.0. The second-order valence-corrected chi connectivity index (χ2v) is 5.33. The summed E-state index contributed by atoms with van der Waals surface area (Å²) in [5.41, 5.74) is -0.0330. The Balaban J connectivity index is 1.81. The summed E-state index contributed by atoms with van der Waals surface area (Å²) in [5, 5.41) is 2.23. The molecule has 2 aliphatic rings. The van der Waals surface area contributed by atoms with Crippen LogP contribution in [0.25, 0.3) is 6.08 Å². The Kier molecular flexibility index (Phi) is 3.91. The average molecular weight is 300 g/mol. The monoisotopic (exact) mass is 300 g/mol. The summed E-state index contributed by atoms with van der Waals surface area (Å²) in [6, 6.07) is 2.77. The van der Waals surface area contributed by atoms with Crippen molar-refractivity contribution < 1.29 is 18.8 Å². The highest BCUT2D eigenvalue weighted by Gasteiger charge is 2.40. The standard InChI is InChI=1S/C16H16N2O4/c19-14-13(9-3-7-12-8-4-10-22-12)15(20)18(16(21)17-14)11-5-1-2-6-11/h3-4,7-11H,1-2,5-6H2,(H,17,19,21)/b7-3+,13-9+. The van der Waals surface area contributed by atoms with Crippen LogP contribution < -0.4 is 5.32 Å². The van der Waals surface area contributed by atoms with Crippen LogP contribution in [0.1, 0.15) is 31.4 Å². The van der Waals surface area contributed by atoms with Crippen LogP contribution in [-0.2, 0) is 9.59 Å². The van der Waals surface area contributed by atoms with Gasteiger partial charge in [-0.3, -0.25) is 19.8 Å². The highest BCUT2D eigenvalue weighted by Crippen LogP contribution is 2.26. The number of allylic oxidation sites excluding steroid dienone is 2. The molecule has 1 N–H and O–H groups in total. The predicted octanol–water partition coefficient (Wildman–Crippen LogP) is 2.24. The number of carbonyl (C=O) groups excluding carboxylic acids is 3. The first-order chi connectivity index (χ1) is 10.7. The Labute approximate surface area is 127 Å². The average Bonchev–Trinajstić information content (AvgIpc) is 3.15. The van der Waals surface area contributed by atoms with Crippen LogP contribution in [0.2, 0.25) is 0 Å². The van der Waals surface area contributed by atoms with Crippen LogP contribution in [0, 0.1) is 0 Å². The zero-order valence-corrected chi connectivity index (χ0v) is 12.0. The number of nitrogens with one attached hydrogen (secondary N) is 1. The van der Waals surface area contributed by atoms with E-state index < -0.39 is 17.8 Å². The summed E-state index contributed by atoms with van der Waals surface area (Å²) < 4.78 is 5.13. The Morgan fingerprint density at radius 3 is 2.68 bits per heavy atom. The third kappa shape index (κ3) is 2.72. The molecule has 0 radical (unpaired) electrons. The van der Waals surface area contributed by atoms with E-state index in [1.54, 1.807) is 24.3 Å². The van der Waals surface area contributed by atoms with E-state index in [1.165, 1.54) is 17.2 Å². The number of barbiturate groups is 1. The van der Waals surface area contributed by atoms with Gasteiger partial charge in [0.25, 0.3) is 11.8 Å². The first-order valence-corrected chi connectivity index (χ1v) is 7.27. The van der Waals surface area contributed by atoms with Crippen LogP contribution in [0.3, 0.4) is 0 Å². The number of rotatable bonds is 3. The van der Waals surface area contributed by atoms with Gasteiger partial charge in [0.05, 0.1) is 6.26 Å². The molecule has 4 amide bonds. The molecule has 1 aliphatic heterocycles. The molecule has 114 valence electrons. The van der Waals surface area contributed by atoms with E-state index in [2.05, 4.69) is 5.32 Å². The van der Waals surface area contributed by atoms with Gasteiger partial charge in [-0.2, -0.15) is 0 Å². The molecule has 1 aromatic rings. The molecule has 6 nitrogen and oxygen atoms in total. The molecule has 0 bridgehead atoms. The SMILES string of the molecule is O=C1NC(=O)N(C2CCCC2)C(=O)/C1=C/C=C/c1ccco1. The van der Waals surface area contributed by atoms with Gasteiger partial charge < -0.3 is 4.42 Å². The van der Waals surface area contributed by atoms with E-state index in [1.807, 2.05) is 0 Å².